The minimum Gasteiger partial charge on any atom is -0.486 e. The molecule has 0 aliphatic carbocycles. The summed E-state index contributed by atoms with van der Waals surface area (Å²) in [5.41, 5.74) is 1.36. The van der Waals surface area contributed by atoms with Crippen LogP contribution in [0.25, 0.3) is 11.4 Å². The summed E-state index contributed by atoms with van der Waals surface area (Å²) in [6.07, 6.45) is 0. The van der Waals surface area contributed by atoms with E-state index in [2.05, 4.69) is 20.4 Å². The summed E-state index contributed by atoms with van der Waals surface area (Å²) in [4.78, 5) is 4.39. The molecule has 8 heteroatoms. The van der Waals surface area contributed by atoms with Gasteiger partial charge in [-0.25, -0.2) is 10.1 Å². The van der Waals surface area contributed by atoms with E-state index in [0.717, 1.165) is 10.8 Å². The van der Waals surface area contributed by atoms with E-state index in [-0.39, 0.29) is 0 Å². The highest BCUT2D eigenvalue weighted by Gasteiger charge is 2.13. The molecule has 2 heterocycles. The maximum absolute atomic E-state index is 8.93. The lowest BCUT2D eigenvalue weighted by atomic mass is 10.3. The zero-order valence-corrected chi connectivity index (χ0v) is 12.1. The molecule has 1 N–H and O–H groups in total. The molecule has 0 atom stereocenters. The van der Waals surface area contributed by atoms with Crippen molar-refractivity contribution in [1.82, 2.24) is 20.4 Å². The maximum Gasteiger partial charge on any atom is 0.165 e. The lowest BCUT2D eigenvalue weighted by Crippen LogP contribution is -1.94. The molecule has 0 fully saturated rings. The van der Waals surface area contributed by atoms with Crippen molar-refractivity contribution < 1.29 is 4.74 Å². The summed E-state index contributed by atoms with van der Waals surface area (Å²) in [6.45, 7) is 0.339. The summed E-state index contributed by atoms with van der Waals surface area (Å²) < 4.78 is 5.61. The number of H-pyrrole nitrogens is 1. The summed E-state index contributed by atoms with van der Waals surface area (Å²) in [7, 11) is 0. The lowest BCUT2D eigenvalue weighted by molar-refractivity contribution is 0.305. The van der Waals surface area contributed by atoms with Gasteiger partial charge in [-0.2, -0.15) is 5.26 Å². The number of aromatic nitrogens is 4. The predicted octanol–water partition coefficient (Wildman–Crippen LogP) is 3.03. The number of halogens is 1. The molecule has 0 saturated carbocycles. The second kappa shape index (κ2) is 5.91. The van der Waals surface area contributed by atoms with Gasteiger partial charge in [-0.05, 0) is 24.3 Å². The average molecular weight is 318 g/mol. The highest BCUT2D eigenvalue weighted by molar-refractivity contribution is 7.09. The third-order valence-corrected chi connectivity index (χ3v) is 3.71. The predicted molar refractivity (Wildman–Crippen MR) is 78.0 cm³/mol. The highest BCUT2D eigenvalue weighted by Crippen LogP contribution is 2.23. The summed E-state index contributed by atoms with van der Waals surface area (Å²) in [6, 6.07) is 9.10. The molecule has 3 rings (SSSR count). The van der Waals surface area contributed by atoms with Gasteiger partial charge in [0.25, 0.3) is 0 Å². The molecule has 0 saturated heterocycles. The normalized spacial score (nSPS) is 10.3. The molecule has 0 unspecified atom stereocenters. The average Bonchev–Trinajstić information content (AvgIpc) is 3.15. The molecule has 2 aromatic heterocycles. The number of hydrogen-bond acceptors (Lipinski definition) is 6. The van der Waals surface area contributed by atoms with E-state index >= 15 is 0 Å². The molecule has 104 valence electrons. The first-order chi connectivity index (χ1) is 10.3. The van der Waals surface area contributed by atoms with Crippen LogP contribution in [-0.4, -0.2) is 20.4 Å². The molecular formula is C13H8ClN5OS. The van der Waals surface area contributed by atoms with Gasteiger partial charge in [0.1, 0.15) is 34.8 Å². The minimum atomic E-state index is 0.297. The van der Waals surface area contributed by atoms with Gasteiger partial charge < -0.3 is 4.74 Å². The fraction of sp³-hybridized carbons (Fsp3) is 0.0769. The van der Waals surface area contributed by atoms with Gasteiger partial charge in [0.15, 0.2) is 5.69 Å². The van der Waals surface area contributed by atoms with Gasteiger partial charge in [-0.3, -0.25) is 0 Å². The van der Waals surface area contributed by atoms with Gasteiger partial charge in [0.05, 0.1) is 0 Å². The Labute approximate surface area is 129 Å². The van der Waals surface area contributed by atoms with Crippen LogP contribution in [0, 0.1) is 11.3 Å². The Bertz CT molecular complexity index is 790. The number of rotatable bonds is 4. The van der Waals surface area contributed by atoms with E-state index in [4.69, 9.17) is 21.6 Å². The number of nitrogens with one attached hydrogen (secondary N) is 1. The highest BCUT2D eigenvalue weighted by atomic mass is 35.5. The summed E-state index contributed by atoms with van der Waals surface area (Å²) >= 11 is 7.25. The van der Waals surface area contributed by atoms with Gasteiger partial charge in [0, 0.05) is 10.4 Å². The van der Waals surface area contributed by atoms with Crippen molar-refractivity contribution in [2.24, 2.45) is 0 Å². The van der Waals surface area contributed by atoms with Crippen LogP contribution in [0.5, 0.6) is 5.75 Å². The molecule has 0 aliphatic rings. The Morgan fingerprint density at radius 3 is 2.90 bits per heavy atom. The topological polar surface area (TPSA) is 87.5 Å². The number of aromatic amines is 1. The maximum atomic E-state index is 8.93. The van der Waals surface area contributed by atoms with Crippen LogP contribution in [-0.2, 0) is 6.61 Å². The zero-order valence-electron chi connectivity index (χ0n) is 10.6. The molecule has 0 radical (unpaired) electrons. The van der Waals surface area contributed by atoms with Crippen molar-refractivity contribution >= 4 is 22.9 Å². The van der Waals surface area contributed by atoms with E-state index in [1.807, 2.05) is 11.4 Å². The van der Waals surface area contributed by atoms with Crippen molar-refractivity contribution in [2.75, 3.05) is 0 Å². The fourth-order valence-electron chi connectivity index (χ4n) is 1.65. The molecule has 0 aliphatic heterocycles. The molecule has 6 nitrogen and oxygen atoms in total. The van der Waals surface area contributed by atoms with Crippen molar-refractivity contribution in [1.29, 1.82) is 5.26 Å². The number of benzene rings is 1. The van der Waals surface area contributed by atoms with E-state index in [9.17, 15) is 0 Å². The molecule has 0 spiro atoms. The van der Waals surface area contributed by atoms with Crippen molar-refractivity contribution in [3.05, 3.63) is 45.4 Å². The van der Waals surface area contributed by atoms with Crippen molar-refractivity contribution in [3.8, 4) is 23.2 Å². The third kappa shape index (κ3) is 3.02. The Kier molecular flexibility index (Phi) is 3.81. The Balaban J connectivity index is 1.71. The molecule has 1 aromatic carbocycles. The molecule has 0 bridgehead atoms. The number of thiazole rings is 1. The van der Waals surface area contributed by atoms with Gasteiger partial charge in [-0.15, -0.1) is 16.4 Å². The standard InChI is InChI=1S/C13H8ClN5OS/c14-8-1-3-9(4-2-8)20-6-12-16-11(7-21-12)13-10(5-15)17-19-18-13/h1-4,7H,6H2,(H,17,18,19). The molecule has 21 heavy (non-hydrogen) atoms. The minimum absolute atomic E-state index is 0.297. The number of nitriles is 1. The van der Waals surface area contributed by atoms with E-state index < -0.39 is 0 Å². The van der Waals surface area contributed by atoms with Crippen LogP contribution in [0.3, 0.4) is 0 Å². The quantitative estimate of drug-likeness (QED) is 0.799. The first-order valence-corrected chi connectivity index (χ1v) is 7.16. The van der Waals surface area contributed by atoms with Crippen LogP contribution < -0.4 is 4.74 Å². The van der Waals surface area contributed by atoms with Crippen molar-refractivity contribution in [3.63, 3.8) is 0 Å². The Hall–Kier alpha value is -2.43. The van der Waals surface area contributed by atoms with Crippen LogP contribution >= 0.6 is 22.9 Å². The van der Waals surface area contributed by atoms with E-state index in [0.29, 0.717) is 28.7 Å². The number of ether oxygens (including phenoxy) is 1. The second-order valence-electron chi connectivity index (χ2n) is 4.02. The monoisotopic (exact) mass is 317 g/mol. The smallest absolute Gasteiger partial charge is 0.165 e. The third-order valence-electron chi connectivity index (χ3n) is 2.63. The van der Waals surface area contributed by atoms with Crippen LogP contribution in [0.15, 0.2) is 29.6 Å². The SMILES string of the molecule is N#Cc1[nH]nnc1-c1csc(COc2ccc(Cl)cc2)n1. The lowest BCUT2D eigenvalue weighted by Gasteiger charge is -2.03. The Morgan fingerprint density at radius 2 is 2.14 bits per heavy atom. The van der Waals surface area contributed by atoms with Gasteiger partial charge in [0.2, 0.25) is 0 Å². The van der Waals surface area contributed by atoms with Crippen LogP contribution in [0.4, 0.5) is 0 Å². The van der Waals surface area contributed by atoms with Crippen LogP contribution in [0.1, 0.15) is 10.7 Å². The number of nitrogens with zero attached hydrogens (tertiary/aromatic N) is 4. The molecule has 3 aromatic rings. The fourth-order valence-corrected chi connectivity index (χ4v) is 2.46. The Morgan fingerprint density at radius 1 is 1.33 bits per heavy atom. The first kappa shape index (κ1) is 13.5. The second-order valence-corrected chi connectivity index (χ2v) is 5.40. The first-order valence-electron chi connectivity index (χ1n) is 5.90. The van der Waals surface area contributed by atoms with Crippen LogP contribution in [0.2, 0.25) is 5.02 Å². The summed E-state index contributed by atoms with van der Waals surface area (Å²) in [5.74, 6) is 0.718. The molecule has 0 amide bonds. The van der Waals surface area contributed by atoms with E-state index in [1.165, 1.54) is 11.3 Å². The summed E-state index contributed by atoms with van der Waals surface area (Å²) in [5, 5.41) is 22.2. The van der Waals surface area contributed by atoms with Crippen molar-refractivity contribution in [2.45, 2.75) is 6.61 Å². The zero-order chi connectivity index (χ0) is 14.7. The van der Waals surface area contributed by atoms with Gasteiger partial charge >= 0.3 is 0 Å². The largest absolute Gasteiger partial charge is 0.486 e. The number of hydrogen-bond donors (Lipinski definition) is 1. The van der Waals surface area contributed by atoms with Gasteiger partial charge in [-0.1, -0.05) is 16.8 Å². The molecular weight excluding hydrogens is 310 g/mol. The van der Waals surface area contributed by atoms with E-state index in [1.54, 1.807) is 24.3 Å².